The van der Waals surface area contributed by atoms with E-state index in [-0.39, 0.29) is 4.47 Å². The molecule has 1 aromatic carbocycles. The van der Waals surface area contributed by atoms with Gasteiger partial charge in [0, 0.05) is 25.5 Å². The molecular weight excluding hydrogens is 311 g/mol. The minimum atomic E-state index is -0.432. The van der Waals surface area contributed by atoms with Gasteiger partial charge in [0.05, 0.1) is 15.7 Å². The molecule has 0 saturated carbocycles. The molecule has 1 aromatic heterocycles. The first-order valence-corrected chi connectivity index (χ1v) is 6.61. The summed E-state index contributed by atoms with van der Waals surface area (Å²) in [5, 5.41) is 15.9. The molecule has 2 rings (SSSR count). The molecule has 4 nitrogen and oxygen atoms in total. The van der Waals surface area contributed by atoms with Gasteiger partial charge in [-0.05, 0) is 40.5 Å². The second-order valence-electron chi connectivity index (χ2n) is 3.95. The molecule has 0 aliphatic heterocycles. The predicted molar refractivity (Wildman–Crippen MR) is 74.1 cm³/mol. The Bertz CT molecular complexity index is 589. The summed E-state index contributed by atoms with van der Waals surface area (Å²) in [6.45, 7) is 1.41. The Kier molecular flexibility index (Phi) is 4.53. The highest BCUT2D eigenvalue weighted by Gasteiger charge is 2.10. The van der Waals surface area contributed by atoms with E-state index in [0.29, 0.717) is 17.8 Å². The number of nitrogens with one attached hydrogen (secondary N) is 1. The highest BCUT2D eigenvalue weighted by Crippen LogP contribution is 2.26. The first-order valence-electron chi connectivity index (χ1n) is 5.82. The van der Waals surface area contributed by atoms with Gasteiger partial charge in [0.1, 0.15) is 6.07 Å². The van der Waals surface area contributed by atoms with Crippen molar-refractivity contribution in [1.29, 1.82) is 5.26 Å². The molecule has 0 fully saturated rings. The Labute approximate surface area is 119 Å². The monoisotopic (exact) mass is 322 g/mol. The largest absolute Gasteiger partial charge is 0.383 e. The van der Waals surface area contributed by atoms with Gasteiger partial charge < -0.3 is 5.32 Å². The molecule has 0 spiro atoms. The van der Waals surface area contributed by atoms with Crippen molar-refractivity contribution >= 4 is 21.6 Å². The summed E-state index contributed by atoms with van der Waals surface area (Å²) < 4.78 is 15.9. The van der Waals surface area contributed by atoms with E-state index in [9.17, 15) is 4.39 Å². The zero-order valence-electron chi connectivity index (χ0n) is 10.1. The van der Waals surface area contributed by atoms with Crippen molar-refractivity contribution < 1.29 is 4.39 Å². The molecule has 0 saturated heterocycles. The van der Waals surface area contributed by atoms with Crippen molar-refractivity contribution in [2.24, 2.45) is 0 Å². The molecule has 0 amide bonds. The first-order chi connectivity index (χ1) is 9.22. The highest BCUT2D eigenvalue weighted by molar-refractivity contribution is 9.10. The number of aromatic nitrogens is 2. The number of nitrogens with zero attached hydrogens (tertiary/aromatic N) is 3. The molecule has 0 unspecified atom stereocenters. The average molecular weight is 323 g/mol. The van der Waals surface area contributed by atoms with Gasteiger partial charge in [0.25, 0.3) is 0 Å². The Balaban J connectivity index is 1.90. The number of hydrogen-bond donors (Lipinski definition) is 1. The summed E-state index contributed by atoms with van der Waals surface area (Å²) in [6, 6.07) is 6.95. The highest BCUT2D eigenvalue weighted by atomic mass is 79.9. The molecular formula is C13H12BrFN4. The van der Waals surface area contributed by atoms with Crippen LogP contribution in [0, 0.1) is 17.1 Å². The van der Waals surface area contributed by atoms with E-state index in [1.54, 1.807) is 18.3 Å². The Morgan fingerprint density at radius 1 is 1.47 bits per heavy atom. The van der Waals surface area contributed by atoms with E-state index in [1.807, 2.05) is 23.0 Å². The molecule has 0 radical (unpaired) electrons. The topological polar surface area (TPSA) is 53.6 Å². The zero-order chi connectivity index (χ0) is 13.7. The fourth-order valence-electron chi connectivity index (χ4n) is 1.67. The molecule has 0 bridgehead atoms. The summed E-state index contributed by atoms with van der Waals surface area (Å²) >= 11 is 3.08. The fourth-order valence-corrected chi connectivity index (χ4v) is 2.10. The quantitative estimate of drug-likeness (QED) is 0.860. The lowest BCUT2D eigenvalue weighted by atomic mass is 10.2. The second kappa shape index (κ2) is 6.34. The minimum Gasteiger partial charge on any atom is -0.383 e. The zero-order valence-corrected chi connectivity index (χ0v) is 11.7. The van der Waals surface area contributed by atoms with Gasteiger partial charge in [-0.2, -0.15) is 10.4 Å². The Hall–Kier alpha value is -1.87. The third kappa shape index (κ3) is 3.32. The van der Waals surface area contributed by atoms with Gasteiger partial charge in [0.2, 0.25) is 0 Å². The third-order valence-electron chi connectivity index (χ3n) is 2.64. The van der Waals surface area contributed by atoms with Crippen molar-refractivity contribution in [3.05, 3.63) is 46.4 Å². The maximum atomic E-state index is 13.9. The molecule has 98 valence electrons. The van der Waals surface area contributed by atoms with E-state index in [4.69, 9.17) is 5.26 Å². The van der Waals surface area contributed by atoms with Crippen LogP contribution in [0.3, 0.4) is 0 Å². The average Bonchev–Trinajstić information content (AvgIpc) is 2.92. The van der Waals surface area contributed by atoms with E-state index < -0.39 is 5.82 Å². The van der Waals surface area contributed by atoms with Crippen molar-refractivity contribution in [3.8, 4) is 6.07 Å². The first kappa shape index (κ1) is 13.6. The standard InChI is InChI=1S/C13H12BrFN4/c14-12-10(9-16)3-4-11(13(12)15)17-5-1-7-19-8-2-6-18-19/h2-4,6,8,17H,1,5,7H2. The van der Waals surface area contributed by atoms with Crippen LogP contribution in [0.1, 0.15) is 12.0 Å². The summed E-state index contributed by atoms with van der Waals surface area (Å²) in [5.74, 6) is -0.432. The van der Waals surface area contributed by atoms with Crippen LogP contribution in [0.15, 0.2) is 35.1 Å². The Morgan fingerprint density at radius 3 is 3.00 bits per heavy atom. The molecule has 1 heterocycles. The number of halogens is 2. The minimum absolute atomic E-state index is 0.201. The van der Waals surface area contributed by atoms with Crippen LogP contribution in [-0.4, -0.2) is 16.3 Å². The van der Waals surface area contributed by atoms with E-state index in [0.717, 1.165) is 13.0 Å². The molecule has 19 heavy (non-hydrogen) atoms. The van der Waals surface area contributed by atoms with Gasteiger partial charge >= 0.3 is 0 Å². The van der Waals surface area contributed by atoms with E-state index in [1.165, 1.54) is 0 Å². The van der Waals surface area contributed by atoms with Gasteiger partial charge in [-0.25, -0.2) is 4.39 Å². The Morgan fingerprint density at radius 2 is 2.32 bits per heavy atom. The van der Waals surface area contributed by atoms with Crippen LogP contribution in [0.2, 0.25) is 0 Å². The van der Waals surface area contributed by atoms with Crippen molar-refractivity contribution in [2.45, 2.75) is 13.0 Å². The van der Waals surface area contributed by atoms with Crippen LogP contribution in [-0.2, 0) is 6.54 Å². The smallest absolute Gasteiger partial charge is 0.161 e. The molecule has 0 aliphatic rings. The lowest BCUT2D eigenvalue weighted by Crippen LogP contribution is -2.08. The van der Waals surface area contributed by atoms with Gasteiger partial charge in [-0.3, -0.25) is 4.68 Å². The maximum Gasteiger partial charge on any atom is 0.161 e. The predicted octanol–water partition coefficient (Wildman–Crippen LogP) is 3.16. The molecule has 0 atom stereocenters. The van der Waals surface area contributed by atoms with Gasteiger partial charge in [-0.15, -0.1) is 0 Å². The SMILES string of the molecule is N#Cc1ccc(NCCCn2cccn2)c(F)c1Br. The molecule has 1 N–H and O–H groups in total. The van der Waals surface area contributed by atoms with Crippen molar-refractivity contribution in [3.63, 3.8) is 0 Å². The van der Waals surface area contributed by atoms with Crippen molar-refractivity contribution in [2.75, 3.05) is 11.9 Å². The number of anilines is 1. The number of nitriles is 1. The number of benzene rings is 1. The number of hydrogen-bond acceptors (Lipinski definition) is 3. The summed E-state index contributed by atoms with van der Waals surface area (Å²) in [4.78, 5) is 0. The molecule has 2 aromatic rings. The van der Waals surface area contributed by atoms with Crippen LogP contribution in [0.4, 0.5) is 10.1 Å². The van der Waals surface area contributed by atoms with E-state index in [2.05, 4.69) is 26.3 Å². The summed E-state index contributed by atoms with van der Waals surface area (Å²) in [5.41, 5.74) is 0.686. The van der Waals surface area contributed by atoms with Crippen molar-refractivity contribution in [1.82, 2.24) is 9.78 Å². The lowest BCUT2D eigenvalue weighted by Gasteiger charge is -2.09. The van der Waals surface area contributed by atoms with Gasteiger partial charge in [-0.1, -0.05) is 0 Å². The normalized spacial score (nSPS) is 10.2. The summed E-state index contributed by atoms with van der Waals surface area (Å²) in [6.07, 6.45) is 4.45. The van der Waals surface area contributed by atoms with Crippen LogP contribution in [0.5, 0.6) is 0 Å². The number of rotatable bonds is 5. The molecule has 0 aliphatic carbocycles. The third-order valence-corrected chi connectivity index (χ3v) is 3.42. The van der Waals surface area contributed by atoms with Crippen LogP contribution < -0.4 is 5.32 Å². The maximum absolute atomic E-state index is 13.9. The number of aryl methyl sites for hydroxylation is 1. The van der Waals surface area contributed by atoms with Crippen LogP contribution in [0.25, 0.3) is 0 Å². The van der Waals surface area contributed by atoms with Crippen LogP contribution >= 0.6 is 15.9 Å². The lowest BCUT2D eigenvalue weighted by molar-refractivity contribution is 0.588. The van der Waals surface area contributed by atoms with Gasteiger partial charge in [0.15, 0.2) is 5.82 Å². The van der Waals surface area contributed by atoms with E-state index >= 15 is 0 Å². The summed E-state index contributed by atoms with van der Waals surface area (Å²) in [7, 11) is 0. The second-order valence-corrected chi connectivity index (χ2v) is 4.74. The molecule has 6 heteroatoms. The fraction of sp³-hybridized carbons (Fsp3) is 0.231.